The Balaban J connectivity index is 1.56. The summed E-state index contributed by atoms with van der Waals surface area (Å²) < 4.78 is 2.12. The number of carbonyl (C=O) groups is 1. The van der Waals surface area contributed by atoms with Crippen LogP contribution in [-0.2, 0) is 6.54 Å². The van der Waals surface area contributed by atoms with Crippen molar-refractivity contribution >= 4 is 22.8 Å². The van der Waals surface area contributed by atoms with Crippen LogP contribution < -0.4 is 5.73 Å². The maximum Gasteiger partial charge on any atom is 0.256 e. The lowest BCUT2D eigenvalue weighted by Gasteiger charge is -2.38. The largest absolute Gasteiger partial charge is 0.368 e. The molecule has 0 atom stereocenters. The Morgan fingerprint density at radius 3 is 2.83 bits per heavy atom. The Morgan fingerprint density at radius 1 is 1.29 bits per heavy atom. The molecule has 0 aliphatic carbocycles. The van der Waals surface area contributed by atoms with Crippen molar-refractivity contribution in [3.8, 4) is 0 Å². The van der Waals surface area contributed by atoms with E-state index in [4.69, 9.17) is 5.73 Å². The highest BCUT2D eigenvalue weighted by molar-refractivity contribution is 6.07. The maximum absolute atomic E-state index is 12.9. The van der Waals surface area contributed by atoms with E-state index in [0.29, 0.717) is 13.1 Å². The zero-order chi connectivity index (χ0) is 16.7. The van der Waals surface area contributed by atoms with E-state index in [9.17, 15) is 4.79 Å². The molecule has 1 aliphatic heterocycles. The smallest absolute Gasteiger partial charge is 0.256 e. The molecule has 0 saturated carbocycles. The van der Waals surface area contributed by atoms with Gasteiger partial charge in [-0.2, -0.15) is 0 Å². The lowest BCUT2D eigenvalue weighted by Crippen LogP contribution is -2.48. The van der Waals surface area contributed by atoms with E-state index in [1.165, 1.54) is 0 Å². The van der Waals surface area contributed by atoms with Crippen LogP contribution in [0.15, 0.2) is 42.7 Å². The van der Waals surface area contributed by atoms with Gasteiger partial charge in [0.1, 0.15) is 0 Å². The zero-order valence-corrected chi connectivity index (χ0v) is 13.5. The van der Waals surface area contributed by atoms with Gasteiger partial charge in [0.05, 0.1) is 11.3 Å². The van der Waals surface area contributed by atoms with E-state index >= 15 is 0 Å². The molecule has 2 aromatic heterocycles. The number of hydrogen-bond donors (Lipinski definition) is 1. The number of amides is 1. The molecule has 6 nitrogen and oxygen atoms in total. The van der Waals surface area contributed by atoms with Crippen LogP contribution in [-0.4, -0.2) is 38.4 Å². The molecule has 1 aliphatic rings. The van der Waals surface area contributed by atoms with Crippen molar-refractivity contribution in [3.63, 3.8) is 0 Å². The van der Waals surface area contributed by atoms with Crippen LogP contribution in [0.1, 0.15) is 28.9 Å². The van der Waals surface area contributed by atoms with Gasteiger partial charge in [-0.25, -0.2) is 9.97 Å². The first-order valence-electron chi connectivity index (χ1n) is 8.13. The van der Waals surface area contributed by atoms with Crippen molar-refractivity contribution in [2.45, 2.75) is 19.4 Å². The van der Waals surface area contributed by atoms with Crippen LogP contribution in [0.2, 0.25) is 0 Å². The average molecular weight is 321 g/mol. The molecule has 4 rings (SSSR count). The average Bonchev–Trinajstić information content (AvgIpc) is 2.92. The number of nitrogens with zero attached hydrogens (tertiary/aromatic N) is 4. The lowest BCUT2D eigenvalue weighted by molar-refractivity contribution is 0.0600. The number of para-hydroxylation sites is 1. The van der Waals surface area contributed by atoms with Gasteiger partial charge in [0.25, 0.3) is 5.91 Å². The second kappa shape index (κ2) is 5.63. The van der Waals surface area contributed by atoms with Gasteiger partial charge in [-0.15, -0.1) is 0 Å². The standard InChI is InChI=1S/C18H19N5O/c1-2-22-11-14(13-5-3-4-6-16(13)22)17(24)23-9-12(10-23)15-7-8-20-18(19)21-15/h3-8,11-12H,2,9-10H2,1H3,(H2,19,20,21). The Labute approximate surface area is 139 Å². The summed E-state index contributed by atoms with van der Waals surface area (Å²) in [6.07, 6.45) is 3.63. The van der Waals surface area contributed by atoms with E-state index in [-0.39, 0.29) is 17.8 Å². The third kappa shape index (κ3) is 2.31. The topological polar surface area (TPSA) is 77.0 Å². The minimum absolute atomic E-state index is 0.0803. The van der Waals surface area contributed by atoms with Crippen molar-refractivity contribution in [1.82, 2.24) is 19.4 Å². The van der Waals surface area contributed by atoms with Crippen LogP contribution in [0, 0.1) is 0 Å². The fraction of sp³-hybridized carbons (Fsp3) is 0.278. The number of rotatable bonds is 3. The van der Waals surface area contributed by atoms with E-state index in [2.05, 4.69) is 27.5 Å². The van der Waals surface area contributed by atoms with Crippen LogP contribution in [0.5, 0.6) is 0 Å². The van der Waals surface area contributed by atoms with E-state index in [0.717, 1.165) is 28.7 Å². The predicted molar refractivity (Wildman–Crippen MR) is 92.7 cm³/mol. The van der Waals surface area contributed by atoms with Crippen molar-refractivity contribution in [2.75, 3.05) is 18.8 Å². The van der Waals surface area contributed by atoms with Crippen molar-refractivity contribution < 1.29 is 4.79 Å². The van der Waals surface area contributed by atoms with Gasteiger partial charge in [0, 0.05) is 48.8 Å². The predicted octanol–water partition coefficient (Wildman–Crippen LogP) is 2.27. The van der Waals surface area contributed by atoms with Gasteiger partial charge >= 0.3 is 0 Å². The van der Waals surface area contributed by atoms with Gasteiger partial charge in [-0.05, 0) is 19.1 Å². The monoisotopic (exact) mass is 321 g/mol. The van der Waals surface area contributed by atoms with Crippen molar-refractivity contribution in [3.05, 3.63) is 54.0 Å². The van der Waals surface area contributed by atoms with Crippen LogP contribution in [0.4, 0.5) is 5.95 Å². The first kappa shape index (κ1) is 14.7. The molecule has 0 bridgehead atoms. The molecular weight excluding hydrogens is 302 g/mol. The van der Waals surface area contributed by atoms with Gasteiger partial charge in [-0.3, -0.25) is 4.79 Å². The van der Waals surface area contributed by atoms with Crippen LogP contribution >= 0.6 is 0 Å². The highest BCUT2D eigenvalue weighted by Gasteiger charge is 2.34. The lowest BCUT2D eigenvalue weighted by atomic mass is 9.95. The fourth-order valence-corrected chi connectivity index (χ4v) is 3.30. The van der Waals surface area contributed by atoms with Crippen molar-refractivity contribution in [2.24, 2.45) is 0 Å². The third-order valence-corrected chi connectivity index (χ3v) is 4.64. The first-order valence-corrected chi connectivity index (χ1v) is 8.13. The molecule has 3 aromatic rings. The number of carbonyl (C=O) groups excluding carboxylic acids is 1. The second-order valence-electron chi connectivity index (χ2n) is 6.09. The Morgan fingerprint density at radius 2 is 2.08 bits per heavy atom. The molecule has 3 heterocycles. The second-order valence-corrected chi connectivity index (χ2v) is 6.09. The maximum atomic E-state index is 12.9. The summed E-state index contributed by atoms with van der Waals surface area (Å²) in [5.41, 5.74) is 8.41. The number of anilines is 1. The number of likely N-dealkylation sites (tertiary alicyclic amines) is 1. The molecule has 1 saturated heterocycles. The Kier molecular flexibility index (Phi) is 3.45. The number of hydrogen-bond acceptors (Lipinski definition) is 4. The Hall–Kier alpha value is -2.89. The van der Waals surface area contributed by atoms with E-state index in [1.54, 1.807) is 6.20 Å². The minimum Gasteiger partial charge on any atom is -0.368 e. The molecule has 0 spiro atoms. The molecular formula is C18H19N5O. The molecule has 0 unspecified atom stereocenters. The quantitative estimate of drug-likeness (QED) is 0.803. The molecule has 1 fully saturated rings. The summed E-state index contributed by atoms with van der Waals surface area (Å²) in [5.74, 6) is 0.596. The summed E-state index contributed by atoms with van der Waals surface area (Å²) >= 11 is 0. The Bertz CT molecular complexity index is 911. The van der Waals surface area contributed by atoms with Gasteiger partial charge in [-0.1, -0.05) is 18.2 Å². The zero-order valence-electron chi connectivity index (χ0n) is 13.5. The van der Waals surface area contributed by atoms with Crippen LogP contribution in [0.3, 0.4) is 0 Å². The molecule has 6 heteroatoms. The fourth-order valence-electron chi connectivity index (χ4n) is 3.30. The van der Waals surface area contributed by atoms with Gasteiger partial charge in [0.2, 0.25) is 5.95 Å². The van der Waals surface area contributed by atoms with Gasteiger partial charge in [0.15, 0.2) is 0 Å². The third-order valence-electron chi connectivity index (χ3n) is 4.64. The highest BCUT2D eigenvalue weighted by Crippen LogP contribution is 2.30. The SMILES string of the molecule is CCn1cc(C(=O)N2CC(c3ccnc(N)n3)C2)c2ccccc21. The molecule has 2 N–H and O–H groups in total. The number of fused-ring (bicyclic) bond motifs is 1. The molecule has 122 valence electrons. The normalized spacial score (nSPS) is 14.8. The van der Waals surface area contributed by atoms with E-state index in [1.807, 2.05) is 35.4 Å². The summed E-state index contributed by atoms with van der Waals surface area (Å²) in [4.78, 5) is 22.9. The minimum atomic E-state index is 0.0803. The van der Waals surface area contributed by atoms with Crippen LogP contribution in [0.25, 0.3) is 10.9 Å². The van der Waals surface area contributed by atoms with E-state index < -0.39 is 0 Å². The number of aryl methyl sites for hydroxylation is 1. The number of nitrogens with two attached hydrogens (primary N) is 1. The number of nitrogen functional groups attached to an aromatic ring is 1. The summed E-state index contributed by atoms with van der Waals surface area (Å²) in [5, 5.41) is 1.01. The summed E-state index contributed by atoms with van der Waals surface area (Å²) in [6, 6.07) is 9.91. The van der Waals surface area contributed by atoms with Gasteiger partial charge < -0.3 is 15.2 Å². The summed E-state index contributed by atoms with van der Waals surface area (Å²) in [7, 11) is 0. The molecule has 1 amide bonds. The number of benzene rings is 1. The highest BCUT2D eigenvalue weighted by atomic mass is 16.2. The number of aromatic nitrogens is 3. The first-order chi connectivity index (χ1) is 11.7. The van der Waals surface area contributed by atoms with Crippen molar-refractivity contribution in [1.29, 1.82) is 0 Å². The molecule has 0 radical (unpaired) electrons. The molecule has 24 heavy (non-hydrogen) atoms. The summed E-state index contributed by atoms with van der Waals surface area (Å²) in [6.45, 7) is 4.26. The molecule has 1 aromatic carbocycles.